The van der Waals surface area contributed by atoms with Gasteiger partial charge in [-0.25, -0.2) is 9.97 Å². The number of carbonyl (C=O) groups excluding carboxylic acids is 1. The molecule has 7 nitrogen and oxygen atoms in total. The summed E-state index contributed by atoms with van der Waals surface area (Å²) in [6, 6.07) is 8.00. The number of nitrogens with one attached hydrogen (secondary N) is 1. The number of para-hydroxylation sites is 1. The van der Waals surface area contributed by atoms with Gasteiger partial charge in [0.1, 0.15) is 5.82 Å². The van der Waals surface area contributed by atoms with E-state index in [-0.39, 0.29) is 11.8 Å². The number of aromatic amines is 1. The van der Waals surface area contributed by atoms with Crippen LogP contribution in [-0.4, -0.2) is 44.0 Å². The summed E-state index contributed by atoms with van der Waals surface area (Å²) in [5, 5.41) is 4.71. The predicted molar refractivity (Wildman–Crippen MR) is 110 cm³/mol. The highest BCUT2D eigenvalue weighted by molar-refractivity contribution is 6.06. The van der Waals surface area contributed by atoms with Crippen molar-refractivity contribution < 1.29 is 9.32 Å². The fourth-order valence-electron chi connectivity index (χ4n) is 4.33. The van der Waals surface area contributed by atoms with E-state index in [2.05, 4.69) is 34.2 Å². The molecular formula is C22H23N5O2. The molecule has 1 aliphatic rings. The number of carbonyl (C=O) groups is 1. The number of hydrogen-bond donors (Lipinski definition) is 1. The molecule has 4 heterocycles. The van der Waals surface area contributed by atoms with Crippen LogP contribution in [0.25, 0.3) is 22.1 Å². The number of hydrogen-bond acceptors (Lipinski definition) is 5. The Bertz CT molecular complexity index is 1240. The first-order valence-corrected chi connectivity index (χ1v) is 9.99. The lowest BCUT2D eigenvalue weighted by Crippen LogP contribution is -2.39. The molecule has 1 fully saturated rings. The molecule has 0 aliphatic carbocycles. The molecule has 7 heteroatoms. The third-order valence-electron chi connectivity index (χ3n) is 5.80. The second kappa shape index (κ2) is 6.69. The molecule has 1 aromatic carbocycles. The van der Waals surface area contributed by atoms with E-state index in [1.165, 1.54) is 0 Å². The molecule has 0 unspecified atom stereocenters. The topological polar surface area (TPSA) is 87.9 Å². The molecule has 3 aromatic heterocycles. The minimum atomic E-state index is 0.00351. The van der Waals surface area contributed by atoms with Crippen molar-refractivity contribution in [3.8, 4) is 0 Å². The summed E-state index contributed by atoms with van der Waals surface area (Å²) in [6.45, 7) is 7.16. The van der Waals surface area contributed by atoms with Crippen LogP contribution < -0.4 is 0 Å². The van der Waals surface area contributed by atoms with Crippen molar-refractivity contribution in [2.45, 2.75) is 39.5 Å². The summed E-state index contributed by atoms with van der Waals surface area (Å²) in [7, 11) is 0. The first kappa shape index (κ1) is 17.8. The van der Waals surface area contributed by atoms with Gasteiger partial charge in [-0.3, -0.25) is 4.79 Å². The summed E-state index contributed by atoms with van der Waals surface area (Å²) in [4.78, 5) is 28.0. The van der Waals surface area contributed by atoms with Gasteiger partial charge >= 0.3 is 0 Å². The molecule has 4 aromatic rings. The number of piperidine rings is 1. The van der Waals surface area contributed by atoms with Gasteiger partial charge in [0.15, 0.2) is 0 Å². The van der Waals surface area contributed by atoms with Gasteiger partial charge in [0.2, 0.25) is 0 Å². The van der Waals surface area contributed by atoms with Crippen molar-refractivity contribution in [2.24, 2.45) is 0 Å². The van der Waals surface area contributed by atoms with Crippen LogP contribution in [0.5, 0.6) is 0 Å². The monoisotopic (exact) mass is 389 g/mol. The van der Waals surface area contributed by atoms with Crippen LogP contribution in [0.1, 0.15) is 51.9 Å². The van der Waals surface area contributed by atoms with E-state index in [4.69, 9.17) is 9.51 Å². The van der Waals surface area contributed by atoms with E-state index in [0.29, 0.717) is 28.9 Å². The van der Waals surface area contributed by atoms with E-state index < -0.39 is 0 Å². The number of H-pyrrole nitrogens is 1. The van der Waals surface area contributed by atoms with Crippen molar-refractivity contribution in [1.29, 1.82) is 0 Å². The Kier molecular flexibility index (Phi) is 4.12. The van der Waals surface area contributed by atoms with Crippen molar-refractivity contribution in [2.75, 3.05) is 13.1 Å². The number of rotatable bonds is 2. The lowest BCUT2D eigenvalue weighted by molar-refractivity contribution is 0.0706. The zero-order chi connectivity index (χ0) is 20.1. The summed E-state index contributed by atoms with van der Waals surface area (Å²) < 4.78 is 5.30. The smallest absolute Gasteiger partial charge is 0.258 e. The van der Waals surface area contributed by atoms with Crippen molar-refractivity contribution >= 4 is 28.0 Å². The highest BCUT2D eigenvalue weighted by Gasteiger charge is 2.29. The van der Waals surface area contributed by atoms with E-state index >= 15 is 0 Å². The number of aromatic nitrogens is 4. The molecule has 0 bridgehead atoms. The lowest BCUT2D eigenvalue weighted by atomic mass is 9.96. The van der Waals surface area contributed by atoms with Crippen LogP contribution in [0, 0.1) is 20.8 Å². The number of fused-ring (bicyclic) bond motifs is 2. The van der Waals surface area contributed by atoms with Crippen LogP contribution >= 0.6 is 0 Å². The number of benzene rings is 1. The number of pyridine rings is 1. The van der Waals surface area contributed by atoms with Crippen LogP contribution in [0.3, 0.4) is 0 Å². The average molecular weight is 389 g/mol. The molecule has 1 aliphatic heterocycles. The third-order valence-corrected chi connectivity index (χ3v) is 5.80. The van der Waals surface area contributed by atoms with Crippen molar-refractivity contribution in [3.63, 3.8) is 0 Å². The van der Waals surface area contributed by atoms with Gasteiger partial charge in [-0.05, 0) is 51.3 Å². The van der Waals surface area contributed by atoms with Gasteiger partial charge in [0, 0.05) is 24.7 Å². The molecular weight excluding hydrogens is 366 g/mol. The summed E-state index contributed by atoms with van der Waals surface area (Å²) in [5.41, 5.74) is 5.70. The number of nitrogens with zero attached hydrogens (tertiary/aromatic N) is 4. The molecule has 1 amide bonds. The van der Waals surface area contributed by atoms with Crippen LogP contribution in [0.15, 0.2) is 28.8 Å². The van der Waals surface area contributed by atoms with Gasteiger partial charge in [0.25, 0.3) is 11.6 Å². The van der Waals surface area contributed by atoms with Crippen LogP contribution in [0.4, 0.5) is 0 Å². The van der Waals surface area contributed by atoms with E-state index in [9.17, 15) is 4.79 Å². The number of aryl methyl sites for hydroxylation is 3. The first-order chi connectivity index (χ1) is 14.0. The molecule has 1 saturated heterocycles. The Morgan fingerprint density at radius 3 is 2.93 bits per heavy atom. The third kappa shape index (κ3) is 2.97. The van der Waals surface area contributed by atoms with Gasteiger partial charge in [0.05, 0.1) is 27.7 Å². The Labute approximate surface area is 168 Å². The summed E-state index contributed by atoms with van der Waals surface area (Å²) in [6.07, 6.45) is 1.96. The Balaban J connectivity index is 1.47. The molecule has 1 atom stereocenters. The maximum absolute atomic E-state index is 13.4. The second-order valence-corrected chi connectivity index (χ2v) is 7.94. The fourth-order valence-corrected chi connectivity index (χ4v) is 4.33. The highest BCUT2D eigenvalue weighted by atomic mass is 16.5. The number of amides is 1. The Morgan fingerprint density at radius 1 is 1.24 bits per heavy atom. The Hall–Kier alpha value is -3.22. The quantitative estimate of drug-likeness (QED) is 0.559. The fraction of sp³-hybridized carbons (Fsp3) is 0.364. The minimum absolute atomic E-state index is 0.00351. The van der Waals surface area contributed by atoms with Crippen LogP contribution in [0.2, 0.25) is 0 Å². The number of imidazole rings is 1. The van der Waals surface area contributed by atoms with Gasteiger partial charge in [-0.15, -0.1) is 0 Å². The zero-order valence-corrected chi connectivity index (χ0v) is 16.8. The first-order valence-electron chi connectivity index (χ1n) is 9.99. The number of likely N-dealkylation sites (tertiary alicyclic amines) is 1. The average Bonchev–Trinajstić information content (AvgIpc) is 3.32. The largest absolute Gasteiger partial charge is 0.342 e. The zero-order valence-electron chi connectivity index (χ0n) is 16.8. The molecule has 1 N–H and O–H groups in total. The highest BCUT2D eigenvalue weighted by Crippen LogP contribution is 2.30. The van der Waals surface area contributed by atoms with Crippen molar-refractivity contribution in [1.82, 2.24) is 25.0 Å². The predicted octanol–water partition coefficient (Wildman–Crippen LogP) is 4.04. The van der Waals surface area contributed by atoms with Crippen molar-refractivity contribution in [3.05, 3.63) is 52.6 Å². The molecule has 0 radical (unpaired) electrons. The molecule has 0 saturated carbocycles. The van der Waals surface area contributed by atoms with Gasteiger partial charge in [-0.2, -0.15) is 0 Å². The maximum atomic E-state index is 13.4. The van der Waals surface area contributed by atoms with Gasteiger partial charge in [-0.1, -0.05) is 17.3 Å². The normalized spacial score (nSPS) is 17.3. The second-order valence-electron chi connectivity index (χ2n) is 7.94. The lowest BCUT2D eigenvalue weighted by Gasteiger charge is -2.32. The van der Waals surface area contributed by atoms with Crippen LogP contribution in [-0.2, 0) is 0 Å². The molecule has 148 valence electrons. The SMILES string of the molecule is Cc1cc(C(=O)N2CCC[C@@H](c3nc4c(C)cccc4[nH]3)C2)c2c(C)noc2n1. The molecule has 29 heavy (non-hydrogen) atoms. The minimum Gasteiger partial charge on any atom is -0.342 e. The van der Waals surface area contributed by atoms with E-state index in [0.717, 1.165) is 47.5 Å². The van der Waals surface area contributed by atoms with Gasteiger partial charge < -0.3 is 14.4 Å². The maximum Gasteiger partial charge on any atom is 0.258 e. The Morgan fingerprint density at radius 2 is 2.10 bits per heavy atom. The summed E-state index contributed by atoms with van der Waals surface area (Å²) >= 11 is 0. The van der Waals surface area contributed by atoms with E-state index in [1.807, 2.05) is 30.9 Å². The van der Waals surface area contributed by atoms with E-state index in [1.54, 1.807) is 0 Å². The molecule has 5 rings (SSSR count). The standard InChI is InChI=1S/C22H23N5O2/c1-12-6-4-8-17-19(12)25-20(24-17)15-7-5-9-27(11-15)22(28)16-10-13(2)23-21-18(16)14(3)26-29-21/h4,6,8,10,15H,5,7,9,11H2,1-3H3,(H,24,25)/t15-/m1/s1. The molecule has 0 spiro atoms. The summed E-state index contributed by atoms with van der Waals surface area (Å²) in [5.74, 6) is 1.16.